The van der Waals surface area contributed by atoms with Gasteiger partial charge in [0.25, 0.3) is 0 Å². The molecule has 0 saturated heterocycles. The van der Waals surface area contributed by atoms with Gasteiger partial charge < -0.3 is 5.32 Å². The van der Waals surface area contributed by atoms with Crippen LogP contribution in [0.25, 0.3) is 0 Å². The van der Waals surface area contributed by atoms with E-state index in [-0.39, 0.29) is 6.04 Å². The molecule has 0 fully saturated rings. The Balaban J connectivity index is 3.04. The van der Waals surface area contributed by atoms with Crippen molar-refractivity contribution >= 4 is 10.0 Å². The quantitative estimate of drug-likeness (QED) is 0.807. The molecule has 1 aromatic rings. The number of hydrogen-bond acceptors (Lipinski definition) is 3. The molecule has 2 N–H and O–H groups in total. The first-order valence-electron chi connectivity index (χ1n) is 6.73. The molecule has 1 aromatic carbocycles. The average Bonchev–Trinajstić information content (AvgIpc) is 2.37. The fourth-order valence-electron chi connectivity index (χ4n) is 1.72. The average molecular weight is 284 g/mol. The van der Waals surface area contributed by atoms with Crippen molar-refractivity contribution < 1.29 is 8.42 Å². The molecule has 19 heavy (non-hydrogen) atoms. The van der Waals surface area contributed by atoms with Gasteiger partial charge in [-0.3, -0.25) is 0 Å². The van der Waals surface area contributed by atoms with E-state index in [2.05, 4.69) is 10.0 Å². The van der Waals surface area contributed by atoms with Crippen LogP contribution < -0.4 is 10.0 Å². The van der Waals surface area contributed by atoms with Gasteiger partial charge in [-0.25, -0.2) is 13.1 Å². The van der Waals surface area contributed by atoms with Crippen LogP contribution in [0.2, 0.25) is 0 Å². The minimum atomic E-state index is -3.43. The standard InChI is InChI=1S/C14H24N2O2S/c1-5-12(4)16-19(17,18)14-9-13(10-15-6-2)8-7-11(14)3/h7-9,12,15-16H,5-6,10H2,1-4H3. The first-order chi connectivity index (χ1) is 8.90. The monoisotopic (exact) mass is 284 g/mol. The van der Waals surface area contributed by atoms with Crippen LogP contribution in [0.5, 0.6) is 0 Å². The fraction of sp³-hybridized carbons (Fsp3) is 0.571. The van der Waals surface area contributed by atoms with Crippen molar-refractivity contribution in [2.75, 3.05) is 6.54 Å². The molecule has 108 valence electrons. The van der Waals surface area contributed by atoms with Crippen LogP contribution in [0.4, 0.5) is 0 Å². The smallest absolute Gasteiger partial charge is 0.241 e. The predicted molar refractivity (Wildman–Crippen MR) is 78.6 cm³/mol. The minimum Gasteiger partial charge on any atom is -0.313 e. The molecule has 1 rings (SSSR count). The lowest BCUT2D eigenvalue weighted by Crippen LogP contribution is -2.32. The number of benzene rings is 1. The lowest BCUT2D eigenvalue weighted by molar-refractivity contribution is 0.555. The zero-order chi connectivity index (χ0) is 14.5. The number of rotatable bonds is 7. The van der Waals surface area contributed by atoms with Crippen LogP contribution in [0.1, 0.15) is 38.3 Å². The van der Waals surface area contributed by atoms with Crippen molar-refractivity contribution in [1.82, 2.24) is 10.0 Å². The first kappa shape index (κ1) is 16.1. The van der Waals surface area contributed by atoms with Gasteiger partial charge >= 0.3 is 0 Å². The molecular formula is C14H24N2O2S. The second-order valence-electron chi connectivity index (χ2n) is 4.81. The summed E-state index contributed by atoms with van der Waals surface area (Å²) >= 11 is 0. The van der Waals surface area contributed by atoms with Crippen LogP contribution in [0.3, 0.4) is 0 Å². The maximum absolute atomic E-state index is 12.3. The summed E-state index contributed by atoms with van der Waals surface area (Å²) in [6, 6.07) is 5.52. The summed E-state index contributed by atoms with van der Waals surface area (Å²) in [5, 5.41) is 3.20. The Bertz CT molecular complexity index is 512. The summed E-state index contributed by atoms with van der Waals surface area (Å²) in [6.07, 6.45) is 0.773. The summed E-state index contributed by atoms with van der Waals surface area (Å²) in [6.45, 7) is 9.22. The second-order valence-corrected chi connectivity index (χ2v) is 6.49. The molecule has 0 aromatic heterocycles. The zero-order valence-corrected chi connectivity index (χ0v) is 13.0. The van der Waals surface area contributed by atoms with Crippen molar-refractivity contribution in [1.29, 1.82) is 0 Å². The van der Waals surface area contributed by atoms with E-state index in [1.54, 1.807) is 6.07 Å². The van der Waals surface area contributed by atoms with Gasteiger partial charge in [-0.1, -0.05) is 26.0 Å². The van der Waals surface area contributed by atoms with Crippen LogP contribution in [0, 0.1) is 6.92 Å². The van der Waals surface area contributed by atoms with E-state index in [1.165, 1.54) is 0 Å². The van der Waals surface area contributed by atoms with Crippen LogP contribution in [-0.2, 0) is 16.6 Å². The summed E-state index contributed by atoms with van der Waals surface area (Å²) in [5.41, 5.74) is 1.76. The molecule has 0 radical (unpaired) electrons. The normalized spacial score (nSPS) is 13.5. The lowest BCUT2D eigenvalue weighted by Gasteiger charge is -2.15. The number of hydrogen-bond donors (Lipinski definition) is 2. The molecule has 0 spiro atoms. The van der Waals surface area contributed by atoms with E-state index < -0.39 is 10.0 Å². The van der Waals surface area contributed by atoms with Gasteiger partial charge in [0.15, 0.2) is 0 Å². The molecular weight excluding hydrogens is 260 g/mol. The van der Waals surface area contributed by atoms with E-state index in [0.29, 0.717) is 11.4 Å². The van der Waals surface area contributed by atoms with E-state index in [1.807, 2.05) is 39.8 Å². The Kier molecular flexibility index (Phi) is 5.97. The van der Waals surface area contributed by atoms with E-state index in [0.717, 1.165) is 24.1 Å². The minimum absolute atomic E-state index is 0.0539. The molecule has 0 saturated carbocycles. The molecule has 0 bridgehead atoms. The summed E-state index contributed by atoms with van der Waals surface area (Å²) in [7, 11) is -3.43. The zero-order valence-electron chi connectivity index (χ0n) is 12.2. The third-order valence-corrected chi connectivity index (χ3v) is 4.82. The van der Waals surface area contributed by atoms with E-state index >= 15 is 0 Å². The first-order valence-corrected chi connectivity index (χ1v) is 8.21. The number of nitrogens with one attached hydrogen (secondary N) is 2. The Morgan fingerprint density at radius 2 is 1.95 bits per heavy atom. The molecule has 5 heteroatoms. The van der Waals surface area contributed by atoms with Crippen LogP contribution in [-0.4, -0.2) is 21.0 Å². The summed E-state index contributed by atoms with van der Waals surface area (Å²) in [5.74, 6) is 0. The highest BCUT2D eigenvalue weighted by Gasteiger charge is 2.19. The number of sulfonamides is 1. The van der Waals surface area contributed by atoms with E-state index in [9.17, 15) is 8.42 Å². The highest BCUT2D eigenvalue weighted by atomic mass is 32.2. The van der Waals surface area contributed by atoms with Crippen LogP contribution in [0.15, 0.2) is 23.1 Å². The molecule has 4 nitrogen and oxygen atoms in total. The molecule has 0 aliphatic rings. The second kappa shape index (κ2) is 7.03. The van der Waals surface area contributed by atoms with E-state index in [4.69, 9.17) is 0 Å². The Morgan fingerprint density at radius 1 is 1.26 bits per heavy atom. The molecule has 1 unspecified atom stereocenters. The topological polar surface area (TPSA) is 58.2 Å². The molecule has 0 heterocycles. The highest BCUT2D eigenvalue weighted by molar-refractivity contribution is 7.89. The van der Waals surface area contributed by atoms with Crippen molar-refractivity contribution in [2.24, 2.45) is 0 Å². The Hall–Kier alpha value is -0.910. The van der Waals surface area contributed by atoms with Crippen molar-refractivity contribution in [3.63, 3.8) is 0 Å². The molecule has 1 atom stereocenters. The summed E-state index contributed by atoms with van der Waals surface area (Å²) in [4.78, 5) is 0.378. The SMILES string of the molecule is CCNCc1ccc(C)c(S(=O)(=O)NC(C)CC)c1. The van der Waals surface area contributed by atoms with Crippen LogP contribution >= 0.6 is 0 Å². The Labute approximate surface area is 116 Å². The van der Waals surface area contributed by atoms with Crippen molar-refractivity contribution in [3.05, 3.63) is 29.3 Å². The van der Waals surface area contributed by atoms with Gasteiger partial charge in [0, 0.05) is 12.6 Å². The van der Waals surface area contributed by atoms with Gasteiger partial charge in [0.2, 0.25) is 10.0 Å². The van der Waals surface area contributed by atoms with Crippen molar-refractivity contribution in [3.8, 4) is 0 Å². The summed E-state index contributed by atoms with van der Waals surface area (Å²) < 4.78 is 27.3. The van der Waals surface area contributed by atoms with Gasteiger partial charge in [-0.05, 0) is 44.0 Å². The highest BCUT2D eigenvalue weighted by Crippen LogP contribution is 2.17. The van der Waals surface area contributed by atoms with Gasteiger partial charge in [0.05, 0.1) is 4.90 Å². The third-order valence-electron chi connectivity index (χ3n) is 3.09. The maximum atomic E-state index is 12.3. The van der Waals surface area contributed by atoms with Gasteiger partial charge in [-0.2, -0.15) is 0 Å². The van der Waals surface area contributed by atoms with Gasteiger partial charge in [-0.15, -0.1) is 0 Å². The molecule has 0 aliphatic carbocycles. The molecule has 0 aliphatic heterocycles. The number of aryl methyl sites for hydroxylation is 1. The Morgan fingerprint density at radius 3 is 2.53 bits per heavy atom. The largest absolute Gasteiger partial charge is 0.313 e. The van der Waals surface area contributed by atoms with Crippen molar-refractivity contribution in [2.45, 2.75) is 51.6 Å². The fourth-order valence-corrected chi connectivity index (χ4v) is 3.35. The third kappa shape index (κ3) is 4.60. The predicted octanol–water partition coefficient (Wildman–Crippen LogP) is 2.18. The molecule has 0 amide bonds. The lowest BCUT2D eigenvalue weighted by atomic mass is 10.1. The maximum Gasteiger partial charge on any atom is 0.241 e. The van der Waals surface area contributed by atoms with Gasteiger partial charge in [0.1, 0.15) is 0 Å².